The summed E-state index contributed by atoms with van der Waals surface area (Å²) in [6.45, 7) is 3.77. The highest BCUT2D eigenvalue weighted by Crippen LogP contribution is 2.29. The fourth-order valence-electron chi connectivity index (χ4n) is 3.60. The lowest BCUT2D eigenvalue weighted by Crippen LogP contribution is -2.52. The van der Waals surface area contributed by atoms with E-state index < -0.39 is 0 Å². The summed E-state index contributed by atoms with van der Waals surface area (Å²) in [5.41, 5.74) is 1.63. The maximum atomic E-state index is 12.7. The highest BCUT2D eigenvalue weighted by atomic mass is 32.1. The number of likely N-dealkylation sites (N-methyl/N-ethyl adjacent to an activating group) is 1. The van der Waals surface area contributed by atoms with E-state index in [1.54, 1.807) is 17.7 Å². The van der Waals surface area contributed by atoms with Crippen LogP contribution in [0.5, 0.6) is 0 Å². The Labute approximate surface area is 150 Å². The Balaban J connectivity index is 1.59. The van der Waals surface area contributed by atoms with Gasteiger partial charge >= 0.3 is 0 Å². The first-order valence-electron chi connectivity index (χ1n) is 8.47. The molecule has 3 aromatic heterocycles. The Hall–Kier alpha value is -2.41. The maximum Gasteiger partial charge on any atom is 0.254 e. The van der Waals surface area contributed by atoms with E-state index in [1.165, 1.54) is 0 Å². The molecule has 0 bridgehead atoms. The number of aromatic amines is 1. The van der Waals surface area contributed by atoms with Gasteiger partial charge < -0.3 is 14.8 Å². The number of anilines is 1. The van der Waals surface area contributed by atoms with Crippen LogP contribution in [0.3, 0.4) is 0 Å². The van der Waals surface area contributed by atoms with Crippen molar-refractivity contribution < 1.29 is 4.79 Å². The second-order valence-corrected chi connectivity index (χ2v) is 7.42. The Morgan fingerprint density at radius 1 is 1.40 bits per heavy atom. The Morgan fingerprint density at radius 2 is 2.28 bits per heavy atom. The van der Waals surface area contributed by atoms with E-state index in [2.05, 4.69) is 33.8 Å². The normalized spacial score (nSPS) is 20.8. The predicted molar refractivity (Wildman–Crippen MR) is 100 cm³/mol. The molecule has 1 amide bonds. The van der Waals surface area contributed by atoms with Crippen molar-refractivity contribution in [3.8, 4) is 0 Å². The summed E-state index contributed by atoms with van der Waals surface area (Å²) in [5.74, 6) is 1.52. The maximum absolute atomic E-state index is 12.7. The van der Waals surface area contributed by atoms with Gasteiger partial charge in [-0.05, 0) is 29.9 Å². The van der Waals surface area contributed by atoms with Crippen LogP contribution in [0, 0.1) is 5.92 Å². The van der Waals surface area contributed by atoms with Gasteiger partial charge in [-0.25, -0.2) is 9.97 Å². The number of nitrogens with zero attached hydrogens (tertiary/aromatic N) is 4. The Morgan fingerprint density at radius 3 is 3.08 bits per heavy atom. The number of thiophene rings is 1. The molecule has 2 atom stereocenters. The van der Waals surface area contributed by atoms with Gasteiger partial charge in [0.2, 0.25) is 0 Å². The third-order valence-corrected chi connectivity index (χ3v) is 5.82. The van der Waals surface area contributed by atoms with Crippen molar-refractivity contribution in [3.05, 3.63) is 41.0 Å². The number of hydrogen-bond acceptors (Lipinski definition) is 5. The van der Waals surface area contributed by atoms with Crippen LogP contribution in [0.25, 0.3) is 11.0 Å². The molecule has 0 aliphatic carbocycles. The standard InChI is InChI=1S/C18H21N5OS/c1-12-4-7-23(18(24)13-5-8-25-10-13)9-15(12)22(2)17-14-3-6-19-16(14)20-11-21-17/h3,5-6,8,10-12,15H,4,7,9H2,1-2H3,(H,19,20,21)/t12-,15+/m1/s1. The van der Waals surface area contributed by atoms with Crippen molar-refractivity contribution in [1.29, 1.82) is 0 Å². The van der Waals surface area contributed by atoms with Crippen LogP contribution in [-0.2, 0) is 0 Å². The molecule has 0 saturated carbocycles. The average Bonchev–Trinajstić information content (AvgIpc) is 3.32. The van der Waals surface area contributed by atoms with Gasteiger partial charge in [0, 0.05) is 31.7 Å². The molecule has 130 valence electrons. The molecular weight excluding hydrogens is 334 g/mol. The summed E-state index contributed by atoms with van der Waals surface area (Å²) in [6.07, 6.45) is 4.46. The molecule has 0 radical (unpaired) electrons. The molecule has 3 aromatic rings. The van der Waals surface area contributed by atoms with Gasteiger partial charge in [0.1, 0.15) is 17.8 Å². The number of nitrogens with one attached hydrogen (secondary N) is 1. The summed E-state index contributed by atoms with van der Waals surface area (Å²) >= 11 is 1.56. The van der Waals surface area contributed by atoms with Crippen molar-refractivity contribution in [1.82, 2.24) is 19.9 Å². The monoisotopic (exact) mass is 355 g/mol. The third-order valence-electron chi connectivity index (χ3n) is 5.14. The van der Waals surface area contributed by atoms with Gasteiger partial charge in [0.15, 0.2) is 0 Å². The van der Waals surface area contributed by atoms with Crippen LogP contribution in [-0.4, -0.2) is 51.9 Å². The Bertz CT molecular complexity index is 875. The fourth-order valence-corrected chi connectivity index (χ4v) is 4.23. The largest absolute Gasteiger partial charge is 0.354 e. The van der Waals surface area contributed by atoms with Crippen molar-refractivity contribution >= 4 is 34.1 Å². The number of carbonyl (C=O) groups is 1. The molecule has 1 N–H and O–H groups in total. The lowest BCUT2D eigenvalue weighted by molar-refractivity contribution is 0.0670. The van der Waals surface area contributed by atoms with Crippen molar-refractivity contribution in [2.75, 3.05) is 25.0 Å². The number of likely N-dealkylation sites (tertiary alicyclic amines) is 1. The zero-order valence-corrected chi connectivity index (χ0v) is 15.2. The van der Waals surface area contributed by atoms with Gasteiger partial charge in [-0.1, -0.05) is 6.92 Å². The van der Waals surface area contributed by atoms with Gasteiger partial charge in [0.25, 0.3) is 5.91 Å². The van der Waals surface area contributed by atoms with E-state index in [9.17, 15) is 4.79 Å². The number of fused-ring (bicyclic) bond motifs is 1. The zero-order valence-electron chi connectivity index (χ0n) is 14.3. The molecule has 6 nitrogen and oxygen atoms in total. The van der Waals surface area contributed by atoms with Crippen LogP contribution in [0.2, 0.25) is 0 Å². The van der Waals surface area contributed by atoms with Crippen LogP contribution in [0.4, 0.5) is 5.82 Å². The molecule has 0 spiro atoms. The number of rotatable bonds is 3. The van der Waals surface area contributed by atoms with E-state index in [4.69, 9.17) is 0 Å². The number of carbonyl (C=O) groups excluding carboxylic acids is 1. The smallest absolute Gasteiger partial charge is 0.254 e. The van der Waals surface area contributed by atoms with E-state index in [0.717, 1.165) is 35.4 Å². The molecule has 1 aliphatic heterocycles. The van der Waals surface area contributed by atoms with Crippen LogP contribution < -0.4 is 4.90 Å². The quantitative estimate of drug-likeness (QED) is 0.784. The number of hydrogen-bond donors (Lipinski definition) is 1. The molecule has 0 aromatic carbocycles. The first kappa shape index (κ1) is 16.1. The van der Waals surface area contributed by atoms with Crippen molar-refractivity contribution in [3.63, 3.8) is 0 Å². The molecule has 1 aliphatic rings. The van der Waals surface area contributed by atoms with E-state index in [1.807, 2.05) is 34.0 Å². The third kappa shape index (κ3) is 2.89. The van der Waals surface area contributed by atoms with E-state index in [0.29, 0.717) is 12.5 Å². The number of amides is 1. The number of H-pyrrole nitrogens is 1. The topological polar surface area (TPSA) is 65.1 Å². The second kappa shape index (κ2) is 6.48. The predicted octanol–water partition coefficient (Wildman–Crippen LogP) is 3.01. The van der Waals surface area contributed by atoms with Gasteiger partial charge in [-0.3, -0.25) is 4.79 Å². The minimum absolute atomic E-state index is 0.126. The molecule has 1 fully saturated rings. The summed E-state index contributed by atoms with van der Waals surface area (Å²) in [5, 5.41) is 4.89. The minimum atomic E-state index is 0.126. The van der Waals surface area contributed by atoms with Crippen LogP contribution in [0.1, 0.15) is 23.7 Å². The zero-order chi connectivity index (χ0) is 17.4. The van der Waals surface area contributed by atoms with Gasteiger partial charge in [0.05, 0.1) is 17.0 Å². The summed E-state index contributed by atoms with van der Waals surface area (Å²) in [6, 6.07) is 4.13. The SMILES string of the molecule is C[C@@H]1CCN(C(=O)c2ccsc2)C[C@@H]1N(C)c1ncnc2[nH]ccc12. The second-order valence-electron chi connectivity index (χ2n) is 6.64. The fraction of sp³-hybridized carbons (Fsp3) is 0.389. The lowest BCUT2D eigenvalue weighted by atomic mass is 9.92. The number of aromatic nitrogens is 3. The first-order chi connectivity index (χ1) is 12.1. The Kier molecular flexibility index (Phi) is 4.17. The molecular formula is C18H21N5OS. The van der Waals surface area contributed by atoms with Crippen molar-refractivity contribution in [2.24, 2.45) is 5.92 Å². The van der Waals surface area contributed by atoms with E-state index in [-0.39, 0.29) is 11.9 Å². The summed E-state index contributed by atoms with van der Waals surface area (Å²) in [4.78, 5) is 28.8. The summed E-state index contributed by atoms with van der Waals surface area (Å²) in [7, 11) is 2.06. The molecule has 7 heteroatoms. The average molecular weight is 355 g/mol. The van der Waals surface area contributed by atoms with Gasteiger partial charge in [-0.2, -0.15) is 11.3 Å². The highest BCUT2D eigenvalue weighted by molar-refractivity contribution is 7.08. The lowest BCUT2D eigenvalue weighted by Gasteiger charge is -2.42. The molecule has 4 rings (SSSR count). The van der Waals surface area contributed by atoms with Crippen molar-refractivity contribution in [2.45, 2.75) is 19.4 Å². The molecule has 4 heterocycles. The van der Waals surface area contributed by atoms with Gasteiger partial charge in [-0.15, -0.1) is 0 Å². The number of piperidine rings is 1. The van der Waals surface area contributed by atoms with E-state index >= 15 is 0 Å². The molecule has 0 unspecified atom stereocenters. The highest BCUT2D eigenvalue weighted by Gasteiger charge is 2.33. The summed E-state index contributed by atoms with van der Waals surface area (Å²) < 4.78 is 0. The molecule has 25 heavy (non-hydrogen) atoms. The first-order valence-corrected chi connectivity index (χ1v) is 9.42. The van der Waals surface area contributed by atoms with Crippen LogP contribution in [0.15, 0.2) is 35.4 Å². The minimum Gasteiger partial charge on any atom is -0.354 e. The molecule has 1 saturated heterocycles. The van der Waals surface area contributed by atoms with Crippen LogP contribution >= 0.6 is 11.3 Å².